The van der Waals surface area contributed by atoms with Gasteiger partial charge < -0.3 is 4.74 Å². The van der Waals surface area contributed by atoms with Gasteiger partial charge in [0.1, 0.15) is 6.10 Å². The van der Waals surface area contributed by atoms with E-state index in [4.69, 9.17) is 4.74 Å². The first-order chi connectivity index (χ1) is 15.7. The molecule has 0 aromatic heterocycles. The molecular weight excluding hydrogens is 434 g/mol. The molecule has 4 saturated carbocycles. The van der Waals surface area contributed by atoms with Crippen LogP contribution in [0.2, 0.25) is 0 Å². The van der Waals surface area contributed by atoms with Crippen LogP contribution >= 0.6 is 0 Å². The van der Waals surface area contributed by atoms with Crippen LogP contribution in [-0.4, -0.2) is 42.6 Å². The highest BCUT2D eigenvalue weighted by Gasteiger charge is 2.67. The fraction of sp³-hybridized carbons (Fsp3) is 0.889. The van der Waals surface area contributed by atoms with Gasteiger partial charge in [0.25, 0.3) is 0 Å². The molecule has 0 heterocycles. The van der Waals surface area contributed by atoms with E-state index in [1.54, 1.807) is 6.08 Å². The predicted molar refractivity (Wildman–Crippen MR) is 132 cm³/mol. The Morgan fingerprint density at radius 2 is 1.58 bits per heavy atom. The maximum atomic E-state index is 14.3. The molecule has 0 N–H and O–H groups in total. The molecule has 188 valence electrons. The number of esters is 1. The number of ether oxygens (including phenoxy) is 1. The molecule has 6 heteroatoms. The maximum Gasteiger partial charge on any atom is 0.306 e. The summed E-state index contributed by atoms with van der Waals surface area (Å²) in [7, 11) is -3.48. The summed E-state index contributed by atoms with van der Waals surface area (Å²) in [5.74, 6) is 0.342. The lowest BCUT2D eigenvalue weighted by atomic mass is 9.69. The second-order valence-electron chi connectivity index (χ2n) is 11.8. The number of hydrogen-bond donors (Lipinski definition) is 0. The lowest BCUT2D eigenvalue weighted by molar-refractivity contribution is -0.156. The van der Waals surface area contributed by atoms with Crippen molar-refractivity contribution in [2.45, 2.75) is 128 Å². The first kappa shape index (κ1) is 25.2. The number of nitrogens with zero attached hydrogens (tertiary/aromatic N) is 1. The van der Waals surface area contributed by atoms with Crippen LogP contribution in [0.1, 0.15) is 110 Å². The van der Waals surface area contributed by atoms with Crippen LogP contribution in [0.5, 0.6) is 0 Å². The zero-order valence-electron chi connectivity index (χ0n) is 20.9. The van der Waals surface area contributed by atoms with E-state index in [9.17, 15) is 13.2 Å². The minimum atomic E-state index is -3.48. The van der Waals surface area contributed by atoms with Crippen LogP contribution < -0.4 is 0 Å². The molecule has 3 atom stereocenters. The van der Waals surface area contributed by atoms with Crippen molar-refractivity contribution in [2.75, 3.05) is 5.75 Å². The monoisotopic (exact) mass is 479 g/mol. The fourth-order valence-electron chi connectivity index (χ4n) is 7.77. The molecule has 4 fully saturated rings. The predicted octanol–water partition coefficient (Wildman–Crippen LogP) is 5.99. The first-order valence-electron chi connectivity index (χ1n) is 13.5. The number of carbonyl (C=O) groups is 1. The summed E-state index contributed by atoms with van der Waals surface area (Å²) in [5, 5.41) is 0. The molecule has 0 radical (unpaired) electrons. The smallest absolute Gasteiger partial charge is 0.306 e. The number of allylic oxidation sites excluding steroid dienone is 1. The van der Waals surface area contributed by atoms with Crippen LogP contribution in [0.4, 0.5) is 0 Å². The van der Waals surface area contributed by atoms with Crippen molar-refractivity contribution in [3.63, 3.8) is 0 Å². The number of carbonyl (C=O) groups excluding carboxylic acids is 1. The van der Waals surface area contributed by atoms with Gasteiger partial charge in [0.15, 0.2) is 0 Å². The quantitative estimate of drug-likeness (QED) is 0.301. The number of rotatable bonds is 9. The van der Waals surface area contributed by atoms with E-state index in [0.29, 0.717) is 18.8 Å². The highest BCUT2D eigenvalue weighted by atomic mass is 32.2. The minimum Gasteiger partial charge on any atom is -0.462 e. The second-order valence-corrected chi connectivity index (χ2v) is 13.7. The van der Waals surface area contributed by atoms with E-state index in [1.807, 2.05) is 4.31 Å². The van der Waals surface area contributed by atoms with E-state index >= 15 is 0 Å². The molecule has 4 aliphatic carbocycles. The Labute approximate surface area is 201 Å². The van der Waals surface area contributed by atoms with Crippen molar-refractivity contribution in [2.24, 2.45) is 16.7 Å². The SMILES string of the molecule is C=CCCC(=O)O[C@H]1C[C@@H]2CC[C@@]1(CS(=O)(=O)N(C1CCCCC1)C1CCCCC1)C2(C)C. The van der Waals surface area contributed by atoms with E-state index < -0.39 is 15.4 Å². The average Bonchev–Trinajstić information content (AvgIpc) is 3.13. The van der Waals surface area contributed by atoms with Crippen molar-refractivity contribution in [1.82, 2.24) is 4.31 Å². The third kappa shape index (κ3) is 4.80. The van der Waals surface area contributed by atoms with Gasteiger partial charge in [0, 0.05) is 23.9 Å². The van der Waals surface area contributed by atoms with Crippen LogP contribution in [0.3, 0.4) is 0 Å². The summed E-state index contributed by atoms with van der Waals surface area (Å²) < 4.78 is 36.7. The summed E-state index contributed by atoms with van der Waals surface area (Å²) in [6.45, 7) is 8.15. The van der Waals surface area contributed by atoms with Crippen molar-refractivity contribution in [3.8, 4) is 0 Å². The van der Waals surface area contributed by atoms with Gasteiger partial charge in [-0.1, -0.05) is 58.4 Å². The van der Waals surface area contributed by atoms with E-state index in [-0.39, 0.29) is 35.3 Å². The standard InChI is InChI=1S/C27H45NO4S/c1-4-5-16-25(29)32-24-19-21-17-18-27(24,26(21,2)3)20-33(30,31)28(22-12-8-6-9-13-22)23-14-10-7-11-15-23/h4,21-24H,1,5-20H2,2-3H3/t21-,24-,27-/m0/s1. The summed E-state index contributed by atoms with van der Waals surface area (Å²) in [5.41, 5.74) is -0.629. The fourth-order valence-corrected chi connectivity index (χ4v) is 10.6. The Hall–Kier alpha value is -0.880. The molecule has 0 spiro atoms. The Morgan fingerprint density at radius 1 is 1.00 bits per heavy atom. The lowest BCUT2D eigenvalue weighted by Crippen LogP contribution is -2.54. The second kappa shape index (κ2) is 10.0. The van der Waals surface area contributed by atoms with Gasteiger partial charge in [0.05, 0.1) is 5.75 Å². The summed E-state index contributed by atoms with van der Waals surface area (Å²) in [6.07, 6.45) is 16.0. The minimum absolute atomic E-state index is 0.135. The van der Waals surface area contributed by atoms with Gasteiger partial charge in [-0.25, -0.2) is 8.42 Å². The lowest BCUT2D eigenvalue weighted by Gasteiger charge is -2.46. The van der Waals surface area contributed by atoms with E-state index in [0.717, 1.165) is 70.6 Å². The molecule has 33 heavy (non-hydrogen) atoms. The van der Waals surface area contributed by atoms with Crippen LogP contribution in [0.15, 0.2) is 12.7 Å². The number of sulfonamides is 1. The van der Waals surface area contributed by atoms with Gasteiger partial charge in [-0.15, -0.1) is 6.58 Å². The van der Waals surface area contributed by atoms with Crippen LogP contribution in [0, 0.1) is 16.7 Å². The molecule has 0 amide bonds. The van der Waals surface area contributed by atoms with E-state index in [1.165, 1.54) is 12.8 Å². The maximum absolute atomic E-state index is 14.3. The third-order valence-corrected chi connectivity index (χ3v) is 11.9. The topological polar surface area (TPSA) is 63.7 Å². The molecule has 0 aromatic carbocycles. The highest BCUT2D eigenvalue weighted by molar-refractivity contribution is 7.89. The van der Waals surface area contributed by atoms with Crippen molar-refractivity contribution >= 4 is 16.0 Å². The Kier molecular flexibility index (Phi) is 7.65. The third-order valence-electron chi connectivity index (χ3n) is 9.81. The molecule has 0 aromatic rings. The van der Waals surface area contributed by atoms with Gasteiger partial charge in [-0.05, 0) is 62.7 Å². The zero-order valence-corrected chi connectivity index (χ0v) is 21.7. The van der Waals surface area contributed by atoms with Crippen molar-refractivity contribution < 1.29 is 17.9 Å². The van der Waals surface area contributed by atoms with Crippen molar-refractivity contribution in [3.05, 3.63) is 12.7 Å². The van der Waals surface area contributed by atoms with Crippen molar-refractivity contribution in [1.29, 1.82) is 0 Å². The first-order valence-corrected chi connectivity index (χ1v) is 15.1. The van der Waals surface area contributed by atoms with Crippen LogP contribution in [0.25, 0.3) is 0 Å². The number of hydrogen-bond acceptors (Lipinski definition) is 4. The molecule has 4 rings (SSSR count). The van der Waals surface area contributed by atoms with Crippen LogP contribution in [-0.2, 0) is 19.6 Å². The Balaban J connectivity index is 1.61. The van der Waals surface area contributed by atoms with E-state index in [2.05, 4.69) is 20.4 Å². The molecule has 4 aliphatic rings. The summed E-state index contributed by atoms with van der Waals surface area (Å²) in [6, 6.07) is 0.303. The molecule has 0 aliphatic heterocycles. The summed E-state index contributed by atoms with van der Waals surface area (Å²) >= 11 is 0. The molecule has 0 saturated heterocycles. The molecular formula is C27H45NO4S. The van der Waals surface area contributed by atoms with Gasteiger partial charge in [-0.3, -0.25) is 4.79 Å². The average molecular weight is 480 g/mol. The Bertz CT molecular complexity index is 792. The zero-order chi connectivity index (χ0) is 23.7. The van der Waals surface area contributed by atoms with Gasteiger partial charge in [-0.2, -0.15) is 4.31 Å². The van der Waals surface area contributed by atoms with Gasteiger partial charge >= 0.3 is 5.97 Å². The Morgan fingerprint density at radius 3 is 2.09 bits per heavy atom. The number of fused-ring (bicyclic) bond motifs is 2. The molecule has 0 unspecified atom stereocenters. The molecule has 2 bridgehead atoms. The summed E-state index contributed by atoms with van der Waals surface area (Å²) in [4.78, 5) is 12.6. The highest BCUT2D eigenvalue weighted by Crippen LogP contribution is 2.67. The largest absolute Gasteiger partial charge is 0.462 e. The molecule has 5 nitrogen and oxygen atoms in total. The van der Waals surface area contributed by atoms with Gasteiger partial charge in [0.2, 0.25) is 10.0 Å². The normalized spacial score (nSPS) is 32.8.